The number of aromatic nitrogens is 2. The quantitative estimate of drug-likeness (QED) is 0.792. The summed E-state index contributed by atoms with van der Waals surface area (Å²) in [7, 11) is 0. The number of halogens is 3. The van der Waals surface area contributed by atoms with E-state index in [4.69, 9.17) is 16.3 Å². The Morgan fingerprint density at radius 2 is 2.10 bits per heavy atom. The van der Waals surface area contributed by atoms with Gasteiger partial charge in [-0.1, -0.05) is 25.4 Å². The number of benzene rings is 1. The minimum Gasteiger partial charge on any atom is -0.436 e. The van der Waals surface area contributed by atoms with E-state index in [1.54, 1.807) is 6.20 Å². The molecule has 0 saturated carbocycles. The molecule has 0 amide bonds. The first-order valence-electron chi connectivity index (χ1n) is 6.32. The van der Waals surface area contributed by atoms with Gasteiger partial charge in [-0.25, -0.2) is 9.37 Å². The Morgan fingerprint density at radius 3 is 2.71 bits per heavy atom. The maximum atomic E-state index is 13.4. The normalized spacial score (nSPS) is 11.0. The fourth-order valence-electron chi connectivity index (χ4n) is 1.49. The van der Waals surface area contributed by atoms with E-state index in [0.29, 0.717) is 22.8 Å². The molecule has 0 radical (unpaired) electrons. The fourth-order valence-corrected chi connectivity index (χ4v) is 2.21. The molecule has 0 fully saturated rings. The molecule has 1 heterocycles. The molecule has 112 valence electrons. The van der Waals surface area contributed by atoms with Crippen molar-refractivity contribution in [2.75, 3.05) is 0 Å². The summed E-state index contributed by atoms with van der Waals surface area (Å²) in [5, 5.41) is 3.26. The molecule has 1 N–H and O–H groups in total. The average Bonchev–Trinajstić information content (AvgIpc) is 2.44. The zero-order valence-electron chi connectivity index (χ0n) is 11.5. The van der Waals surface area contributed by atoms with Crippen molar-refractivity contribution in [1.82, 2.24) is 15.3 Å². The summed E-state index contributed by atoms with van der Waals surface area (Å²) in [5.74, 6) is 0.0190. The van der Waals surface area contributed by atoms with Crippen molar-refractivity contribution in [1.29, 1.82) is 0 Å². The zero-order chi connectivity index (χ0) is 15.4. The number of nitrogens with one attached hydrogen (secondary N) is 1. The van der Waals surface area contributed by atoms with Crippen LogP contribution < -0.4 is 10.1 Å². The third-order valence-corrected chi connectivity index (χ3v) is 3.47. The Kier molecular flexibility index (Phi) is 5.50. The molecular formula is C14H14BrClFN3O. The molecule has 0 atom stereocenters. The van der Waals surface area contributed by atoms with Crippen LogP contribution in [0.25, 0.3) is 0 Å². The van der Waals surface area contributed by atoms with Gasteiger partial charge in [0.2, 0.25) is 5.88 Å². The minimum absolute atomic E-state index is 0.0235. The highest BCUT2D eigenvalue weighted by Crippen LogP contribution is 2.32. The van der Waals surface area contributed by atoms with Crippen molar-refractivity contribution in [3.05, 3.63) is 45.5 Å². The molecule has 0 aliphatic rings. The summed E-state index contributed by atoms with van der Waals surface area (Å²) >= 11 is 8.93. The van der Waals surface area contributed by atoms with E-state index >= 15 is 0 Å². The second kappa shape index (κ2) is 7.15. The van der Waals surface area contributed by atoms with Crippen LogP contribution in [0.4, 0.5) is 4.39 Å². The lowest BCUT2D eigenvalue weighted by Crippen LogP contribution is -2.22. The van der Waals surface area contributed by atoms with E-state index in [-0.39, 0.29) is 10.9 Å². The summed E-state index contributed by atoms with van der Waals surface area (Å²) in [6.45, 7) is 4.74. The Labute approximate surface area is 135 Å². The molecule has 7 heteroatoms. The molecule has 4 nitrogen and oxygen atoms in total. The van der Waals surface area contributed by atoms with Gasteiger partial charge in [-0.3, -0.25) is 4.98 Å². The Hall–Kier alpha value is -1.24. The monoisotopic (exact) mass is 373 g/mol. The number of ether oxygens (including phenoxy) is 1. The summed E-state index contributed by atoms with van der Waals surface area (Å²) in [6, 6.07) is 3.00. The van der Waals surface area contributed by atoms with Gasteiger partial charge in [-0.2, -0.15) is 0 Å². The molecule has 2 aromatic rings. The lowest BCUT2D eigenvalue weighted by Gasteiger charge is -2.09. The van der Waals surface area contributed by atoms with Crippen LogP contribution in [0, 0.1) is 5.82 Å². The van der Waals surface area contributed by atoms with E-state index in [2.05, 4.69) is 45.1 Å². The van der Waals surface area contributed by atoms with E-state index < -0.39 is 5.82 Å². The smallest absolute Gasteiger partial charge is 0.237 e. The highest BCUT2D eigenvalue weighted by molar-refractivity contribution is 9.10. The van der Waals surface area contributed by atoms with Crippen molar-refractivity contribution in [3.8, 4) is 11.6 Å². The second-order valence-corrected chi connectivity index (χ2v) is 5.94. The van der Waals surface area contributed by atoms with Gasteiger partial charge in [0.25, 0.3) is 0 Å². The van der Waals surface area contributed by atoms with Crippen LogP contribution in [0.3, 0.4) is 0 Å². The average molecular weight is 375 g/mol. The first kappa shape index (κ1) is 16.1. The lowest BCUT2D eigenvalue weighted by atomic mass is 10.3. The van der Waals surface area contributed by atoms with Gasteiger partial charge in [0, 0.05) is 18.7 Å². The van der Waals surface area contributed by atoms with Crippen LogP contribution in [-0.4, -0.2) is 16.0 Å². The van der Waals surface area contributed by atoms with Gasteiger partial charge in [-0.15, -0.1) is 0 Å². The van der Waals surface area contributed by atoms with Gasteiger partial charge in [0.1, 0.15) is 11.6 Å². The van der Waals surface area contributed by atoms with Gasteiger partial charge >= 0.3 is 0 Å². The highest BCUT2D eigenvalue weighted by Gasteiger charge is 2.10. The van der Waals surface area contributed by atoms with Crippen molar-refractivity contribution in [2.24, 2.45) is 0 Å². The Balaban J connectivity index is 2.08. The van der Waals surface area contributed by atoms with Crippen molar-refractivity contribution >= 4 is 27.5 Å². The summed E-state index contributed by atoms with van der Waals surface area (Å²) in [6.07, 6.45) is 3.11. The number of rotatable bonds is 5. The van der Waals surface area contributed by atoms with Crippen LogP contribution in [0.2, 0.25) is 5.02 Å². The van der Waals surface area contributed by atoms with Crippen molar-refractivity contribution in [3.63, 3.8) is 0 Å². The van der Waals surface area contributed by atoms with E-state index in [1.807, 2.05) is 0 Å². The molecule has 21 heavy (non-hydrogen) atoms. The van der Waals surface area contributed by atoms with Crippen LogP contribution in [0.1, 0.15) is 19.5 Å². The molecule has 1 aromatic carbocycles. The first-order valence-corrected chi connectivity index (χ1v) is 7.49. The van der Waals surface area contributed by atoms with Crippen LogP contribution >= 0.6 is 27.5 Å². The first-order chi connectivity index (χ1) is 9.95. The highest BCUT2D eigenvalue weighted by atomic mass is 79.9. The van der Waals surface area contributed by atoms with Gasteiger partial charge in [0.15, 0.2) is 0 Å². The molecule has 0 unspecified atom stereocenters. The molecule has 0 saturated heterocycles. The predicted octanol–water partition coefficient (Wildman–Crippen LogP) is 4.32. The minimum atomic E-state index is -0.555. The maximum Gasteiger partial charge on any atom is 0.237 e. The molecule has 2 rings (SSSR count). The van der Waals surface area contributed by atoms with Gasteiger partial charge < -0.3 is 10.1 Å². The lowest BCUT2D eigenvalue weighted by molar-refractivity contribution is 0.451. The van der Waals surface area contributed by atoms with Crippen LogP contribution in [-0.2, 0) is 6.54 Å². The van der Waals surface area contributed by atoms with E-state index in [0.717, 1.165) is 5.69 Å². The summed E-state index contributed by atoms with van der Waals surface area (Å²) in [5.41, 5.74) is 0.803. The number of hydrogen-bond acceptors (Lipinski definition) is 4. The predicted molar refractivity (Wildman–Crippen MR) is 83.2 cm³/mol. The van der Waals surface area contributed by atoms with E-state index in [1.165, 1.54) is 18.3 Å². The number of nitrogens with zero attached hydrogens (tertiary/aromatic N) is 2. The Morgan fingerprint density at radius 1 is 1.33 bits per heavy atom. The molecule has 1 aromatic heterocycles. The molecule has 0 bridgehead atoms. The summed E-state index contributed by atoms with van der Waals surface area (Å²) in [4.78, 5) is 8.38. The third kappa shape index (κ3) is 4.62. The maximum absolute atomic E-state index is 13.4. The molecule has 0 aliphatic heterocycles. The largest absolute Gasteiger partial charge is 0.436 e. The molecule has 0 spiro atoms. The fraction of sp³-hybridized carbons (Fsp3) is 0.286. The van der Waals surface area contributed by atoms with Crippen LogP contribution in [0.5, 0.6) is 11.6 Å². The van der Waals surface area contributed by atoms with Crippen molar-refractivity contribution < 1.29 is 9.13 Å². The number of hydrogen-bond donors (Lipinski definition) is 1. The van der Waals surface area contributed by atoms with E-state index in [9.17, 15) is 4.39 Å². The van der Waals surface area contributed by atoms with Crippen molar-refractivity contribution in [2.45, 2.75) is 26.4 Å². The van der Waals surface area contributed by atoms with Crippen LogP contribution in [0.15, 0.2) is 29.0 Å². The van der Waals surface area contributed by atoms with Gasteiger partial charge in [-0.05, 0) is 22.0 Å². The topological polar surface area (TPSA) is 47.0 Å². The Bertz CT molecular complexity index is 622. The third-order valence-electron chi connectivity index (χ3n) is 2.56. The SMILES string of the molecule is CC(C)NCc1cnc(Oc2cc(F)c(Cl)cc2Br)cn1. The summed E-state index contributed by atoms with van der Waals surface area (Å²) < 4.78 is 19.5. The molecular weight excluding hydrogens is 361 g/mol. The molecule has 0 aliphatic carbocycles. The van der Waals surface area contributed by atoms with Gasteiger partial charge in [0.05, 0.1) is 27.6 Å². The zero-order valence-corrected chi connectivity index (χ0v) is 13.9. The standard InChI is InChI=1S/C14H14BrClFN3O/c1-8(2)18-5-9-6-20-14(7-19-9)21-13-4-12(17)11(16)3-10(13)15/h3-4,6-8,18H,5H2,1-2H3. The second-order valence-electron chi connectivity index (χ2n) is 4.68.